The van der Waals surface area contributed by atoms with Gasteiger partial charge in [-0.1, -0.05) is 55.8 Å². The van der Waals surface area contributed by atoms with Gasteiger partial charge in [0.2, 0.25) is 5.91 Å². The van der Waals surface area contributed by atoms with Gasteiger partial charge in [0.25, 0.3) is 0 Å². The quantitative estimate of drug-likeness (QED) is 0.757. The van der Waals surface area contributed by atoms with Gasteiger partial charge in [0.15, 0.2) is 0 Å². The molecule has 3 N–H and O–H groups in total. The molecule has 2 atom stereocenters. The van der Waals surface area contributed by atoms with Gasteiger partial charge in [-0.15, -0.1) is 0 Å². The van der Waals surface area contributed by atoms with Crippen LogP contribution < -0.4 is 11.1 Å². The molecule has 0 aliphatic carbocycles. The van der Waals surface area contributed by atoms with Gasteiger partial charge in [-0.3, -0.25) is 9.00 Å². The van der Waals surface area contributed by atoms with Crippen LogP contribution in [0.25, 0.3) is 0 Å². The van der Waals surface area contributed by atoms with E-state index in [1.165, 1.54) is 0 Å². The van der Waals surface area contributed by atoms with Gasteiger partial charge in [0.05, 0.1) is 5.54 Å². The van der Waals surface area contributed by atoms with Crippen LogP contribution >= 0.6 is 0 Å². The zero-order chi connectivity index (χ0) is 18.3. The van der Waals surface area contributed by atoms with Crippen molar-refractivity contribution in [2.75, 3.05) is 5.32 Å². The third-order valence-electron chi connectivity index (χ3n) is 3.97. The molecule has 0 heterocycles. The van der Waals surface area contributed by atoms with E-state index in [0.717, 1.165) is 17.5 Å². The second-order valence-corrected chi connectivity index (χ2v) is 7.99. The fourth-order valence-corrected chi connectivity index (χ4v) is 3.86. The smallest absolute Gasteiger partial charge is 0.244 e. The minimum Gasteiger partial charge on any atom is -0.324 e. The molecule has 25 heavy (non-hydrogen) atoms. The van der Waals surface area contributed by atoms with Crippen molar-refractivity contribution in [1.82, 2.24) is 0 Å². The van der Waals surface area contributed by atoms with E-state index in [-0.39, 0.29) is 5.91 Å². The van der Waals surface area contributed by atoms with E-state index in [2.05, 4.69) is 5.32 Å². The summed E-state index contributed by atoms with van der Waals surface area (Å²) in [6, 6.07) is 17.3. The van der Waals surface area contributed by atoms with Crippen LogP contribution in [0.15, 0.2) is 54.6 Å². The summed E-state index contributed by atoms with van der Waals surface area (Å²) in [4.78, 5) is 12.3. The largest absolute Gasteiger partial charge is 0.324 e. The van der Waals surface area contributed by atoms with Gasteiger partial charge in [0, 0.05) is 28.0 Å². The molecule has 2 aromatic rings. The van der Waals surface area contributed by atoms with Crippen molar-refractivity contribution in [3.63, 3.8) is 0 Å². The lowest BCUT2D eigenvalue weighted by atomic mass is 9.96. The van der Waals surface area contributed by atoms with E-state index < -0.39 is 16.3 Å². The maximum Gasteiger partial charge on any atom is 0.244 e. The Balaban J connectivity index is 1.99. The number of hydrogen-bond donors (Lipinski definition) is 2. The second-order valence-electron chi connectivity index (χ2n) is 6.54. The molecule has 4 nitrogen and oxygen atoms in total. The highest BCUT2D eigenvalue weighted by molar-refractivity contribution is 7.83. The van der Waals surface area contributed by atoms with Crippen molar-refractivity contribution in [1.29, 1.82) is 0 Å². The van der Waals surface area contributed by atoms with Gasteiger partial charge < -0.3 is 11.1 Å². The van der Waals surface area contributed by atoms with Gasteiger partial charge in [-0.05, 0) is 36.6 Å². The minimum atomic E-state index is -1.00. The van der Waals surface area contributed by atoms with E-state index in [9.17, 15) is 9.00 Å². The normalized spacial score (nSPS) is 14.5. The molecule has 0 bridgehead atoms. The van der Waals surface area contributed by atoms with E-state index >= 15 is 0 Å². The number of carbonyl (C=O) groups excluding carboxylic acids is 1. The predicted molar refractivity (Wildman–Crippen MR) is 105 cm³/mol. The Bertz CT molecular complexity index is 729. The number of nitrogens with two attached hydrogens (primary N) is 1. The standard InChI is InChI=1S/C20H26N2O2S/c1-3-12-20(2,21)19(23)22-18-11-7-10-17(13-18)15-25(24)14-16-8-5-4-6-9-16/h4-11,13H,3,12,14-15,21H2,1-2H3,(H,22,23). The molecule has 0 saturated carbocycles. The molecule has 2 aromatic carbocycles. The summed E-state index contributed by atoms with van der Waals surface area (Å²) in [7, 11) is -1.00. The predicted octanol–water partition coefficient (Wildman–Crippen LogP) is 3.59. The maximum atomic E-state index is 12.4. The van der Waals surface area contributed by atoms with Crippen LogP contribution in [0.3, 0.4) is 0 Å². The molecule has 0 spiro atoms. The van der Waals surface area contributed by atoms with Crippen LogP contribution in [0.4, 0.5) is 5.69 Å². The monoisotopic (exact) mass is 358 g/mol. The molecule has 0 fully saturated rings. The molecule has 134 valence electrons. The molecule has 1 amide bonds. The number of rotatable bonds is 8. The molecule has 0 saturated heterocycles. The molecule has 0 aliphatic heterocycles. The summed E-state index contributed by atoms with van der Waals surface area (Å²) in [5.74, 6) is 0.777. The highest BCUT2D eigenvalue weighted by Gasteiger charge is 2.27. The Morgan fingerprint density at radius 2 is 1.72 bits per heavy atom. The fraction of sp³-hybridized carbons (Fsp3) is 0.350. The number of amides is 1. The Morgan fingerprint density at radius 3 is 2.40 bits per heavy atom. The first-order valence-electron chi connectivity index (χ1n) is 8.49. The highest BCUT2D eigenvalue weighted by atomic mass is 32.2. The summed E-state index contributed by atoms with van der Waals surface area (Å²) >= 11 is 0. The number of anilines is 1. The summed E-state index contributed by atoms with van der Waals surface area (Å²) in [5.41, 5.74) is 7.85. The zero-order valence-corrected chi connectivity index (χ0v) is 15.6. The topological polar surface area (TPSA) is 72.2 Å². The maximum absolute atomic E-state index is 12.4. The number of hydrogen-bond acceptors (Lipinski definition) is 3. The van der Waals surface area contributed by atoms with E-state index in [0.29, 0.717) is 23.6 Å². The molecular formula is C20H26N2O2S. The van der Waals surface area contributed by atoms with Crippen LogP contribution in [0.2, 0.25) is 0 Å². The van der Waals surface area contributed by atoms with Crippen molar-refractivity contribution < 1.29 is 9.00 Å². The number of benzene rings is 2. The van der Waals surface area contributed by atoms with Crippen molar-refractivity contribution in [2.45, 2.75) is 43.7 Å². The lowest BCUT2D eigenvalue weighted by Gasteiger charge is -2.23. The first-order chi connectivity index (χ1) is 11.9. The summed E-state index contributed by atoms with van der Waals surface area (Å²) in [5, 5.41) is 2.87. The zero-order valence-electron chi connectivity index (χ0n) is 14.8. The fourth-order valence-electron chi connectivity index (χ4n) is 2.64. The first kappa shape index (κ1) is 19.3. The molecule has 5 heteroatoms. The molecule has 2 rings (SSSR count). The van der Waals surface area contributed by atoms with E-state index in [4.69, 9.17) is 5.73 Å². The van der Waals surface area contributed by atoms with E-state index in [1.54, 1.807) is 6.92 Å². The van der Waals surface area contributed by atoms with Crippen LogP contribution in [0.1, 0.15) is 37.8 Å². The molecular weight excluding hydrogens is 332 g/mol. The number of carbonyl (C=O) groups is 1. The molecule has 0 radical (unpaired) electrons. The Hall–Kier alpha value is -1.98. The SMILES string of the molecule is CCCC(C)(N)C(=O)Nc1cccc(CS(=O)Cc2ccccc2)c1. The molecule has 0 aliphatic rings. The third-order valence-corrected chi connectivity index (χ3v) is 5.28. The van der Waals surface area contributed by atoms with Gasteiger partial charge in [0.1, 0.15) is 0 Å². The summed E-state index contributed by atoms with van der Waals surface area (Å²) < 4.78 is 12.4. The van der Waals surface area contributed by atoms with E-state index in [1.807, 2.05) is 61.5 Å². The first-order valence-corrected chi connectivity index (χ1v) is 9.97. The molecule has 0 aromatic heterocycles. The highest BCUT2D eigenvalue weighted by Crippen LogP contribution is 2.17. The van der Waals surface area contributed by atoms with Crippen molar-refractivity contribution in [3.8, 4) is 0 Å². The van der Waals surface area contributed by atoms with Crippen LogP contribution in [0, 0.1) is 0 Å². The molecule has 2 unspecified atom stereocenters. The van der Waals surface area contributed by atoms with Crippen molar-refractivity contribution in [2.24, 2.45) is 5.73 Å². The average molecular weight is 359 g/mol. The third kappa shape index (κ3) is 6.11. The van der Waals surface area contributed by atoms with Crippen molar-refractivity contribution in [3.05, 3.63) is 65.7 Å². The Kier molecular flexibility index (Phi) is 6.91. The lowest BCUT2D eigenvalue weighted by Crippen LogP contribution is -2.48. The number of nitrogens with one attached hydrogen (secondary N) is 1. The van der Waals surface area contributed by atoms with Crippen LogP contribution in [-0.2, 0) is 27.1 Å². The Morgan fingerprint density at radius 1 is 1.08 bits per heavy atom. The van der Waals surface area contributed by atoms with Gasteiger partial charge in [-0.2, -0.15) is 0 Å². The van der Waals surface area contributed by atoms with Crippen molar-refractivity contribution >= 4 is 22.4 Å². The summed E-state index contributed by atoms with van der Waals surface area (Å²) in [6.45, 7) is 3.74. The van der Waals surface area contributed by atoms with Gasteiger partial charge >= 0.3 is 0 Å². The minimum absolute atomic E-state index is 0.197. The van der Waals surface area contributed by atoms with Crippen LogP contribution in [0.5, 0.6) is 0 Å². The van der Waals surface area contributed by atoms with Gasteiger partial charge in [-0.25, -0.2) is 0 Å². The van der Waals surface area contributed by atoms with Crippen LogP contribution in [-0.4, -0.2) is 15.7 Å². The summed E-state index contributed by atoms with van der Waals surface area (Å²) in [6.07, 6.45) is 1.47. The Labute approximate surface area is 152 Å². The lowest BCUT2D eigenvalue weighted by molar-refractivity contribution is -0.120. The average Bonchev–Trinajstić information content (AvgIpc) is 2.56. The second kappa shape index (κ2) is 8.92.